The Morgan fingerprint density at radius 1 is 1.14 bits per heavy atom. The Bertz CT molecular complexity index is 948. The summed E-state index contributed by atoms with van der Waals surface area (Å²) >= 11 is 1.46. The van der Waals surface area contributed by atoms with Crippen molar-refractivity contribution in [3.8, 4) is 0 Å². The van der Waals surface area contributed by atoms with Crippen LogP contribution in [0.3, 0.4) is 0 Å². The molecular weight excluding hydrogens is 368 g/mol. The van der Waals surface area contributed by atoms with Gasteiger partial charge in [-0.2, -0.15) is 0 Å². The molecule has 1 heterocycles. The monoisotopic (exact) mass is 392 g/mol. The fourth-order valence-corrected chi connectivity index (χ4v) is 3.89. The van der Waals surface area contributed by atoms with Crippen LogP contribution in [-0.4, -0.2) is 25.9 Å². The van der Waals surface area contributed by atoms with Crippen molar-refractivity contribution in [1.29, 1.82) is 0 Å². The molecule has 2 aromatic carbocycles. The lowest BCUT2D eigenvalue weighted by molar-refractivity contribution is -0.115. The zero-order chi connectivity index (χ0) is 19.5. The first-order valence-electron chi connectivity index (χ1n) is 9.61. The molecule has 1 aromatic heterocycles. The van der Waals surface area contributed by atoms with E-state index >= 15 is 0 Å². The molecule has 1 aliphatic carbocycles. The van der Waals surface area contributed by atoms with E-state index in [2.05, 4.69) is 32.2 Å². The molecule has 1 saturated carbocycles. The molecule has 1 amide bonds. The second kappa shape index (κ2) is 8.19. The highest BCUT2D eigenvalue weighted by atomic mass is 32.2. The summed E-state index contributed by atoms with van der Waals surface area (Å²) in [6.07, 6.45) is 2.34. The number of aromatic nitrogens is 3. The van der Waals surface area contributed by atoms with Crippen LogP contribution in [0.25, 0.3) is 0 Å². The van der Waals surface area contributed by atoms with E-state index in [9.17, 15) is 4.79 Å². The summed E-state index contributed by atoms with van der Waals surface area (Å²) in [5.74, 6) is 1.51. The third-order valence-corrected chi connectivity index (χ3v) is 5.92. The van der Waals surface area contributed by atoms with Gasteiger partial charge in [-0.3, -0.25) is 4.79 Å². The highest BCUT2D eigenvalue weighted by Gasteiger charge is 2.31. The highest BCUT2D eigenvalue weighted by Crippen LogP contribution is 2.40. The van der Waals surface area contributed by atoms with Crippen LogP contribution in [0.4, 0.5) is 5.69 Å². The van der Waals surface area contributed by atoms with E-state index < -0.39 is 0 Å². The molecule has 144 valence electrons. The first kappa shape index (κ1) is 18.7. The standard InChI is InChI=1S/C22H24N4OS/c1-15-8-12-19(13-9-15)23-21(27)16(2)28-22-25-24-20(18-10-11-18)26(22)14-17-6-4-3-5-7-17/h3-9,12-13,16,18H,10-11,14H2,1-2H3,(H,23,27)/t16-/m0/s1. The number of nitrogens with one attached hydrogen (secondary N) is 1. The van der Waals surface area contributed by atoms with E-state index in [1.165, 1.54) is 35.7 Å². The van der Waals surface area contributed by atoms with Crippen molar-refractivity contribution in [3.05, 3.63) is 71.5 Å². The zero-order valence-electron chi connectivity index (χ0n) is 16.1. The third kappa shape index (κ3) is 4.44. The minimum atomic E-state index is -0.271. The smallest absolute Gasteiger partial charge is 0.237 e. The maximum atomic E-state index is 12.6. The van der Waals surface area contributed by atoms with Gasteiger partial charge in [-0.1, -0.05) is 59.8 Å². The largest absolute Gasteiger partial charge is 0.325 e. The number of benzene rings is 2. The summed E-state index contributed by atoms with van der Waals surface area (Å²) in [7, 11) is 0. The van der Waals surface area contributed by atoms with Crippen molar-refractivity contribution in [2.24, 2.45) is 0 Å². The van der Waals surface area contributed by atoms with E-state index in [1.807, 2.05) is 56.3 Å². The van der Waals surface area contributed by atoms with Gasteiger partial charge in [-0.15, -0.1) is 10.2 Å². The van der Waals surface area contributed by atoms with Gasteiger partial charge in [0.05, 0.1) is 11.8 Å². The summed E-state index contributed by atoms with van der Waals surface area (Å²) in [6.45, 7) is 4.67. The number of carbonyl (C=O) groups excluding carboxylic acids is 1. The number of anilines is 1. The van der Waals surface area contributed by atoms with Crippen LogP contribution in [0.2, 0.25) is 0 Å². The second-order valence-electron chi connectivity index (χ2n) is 7.30. The molecule has 28 heavy (non-hydrogen) atoms. The predicted molar refractivity (Wildman–Crippen MR) is 113 cm³/mol. The first-order chi connectivity index (χ1) is 13.6. The molecule has 0 spiro atoms. The van der Waals surface area contributed by atoms with Crippen molar-refractivity contribution in [1.82, 2.24) is 14.8 Å². The summed E-state index contributed by atoms with van der Waals surface area (Å²) < 4.78 is 2.17. The summed E-state index contributed by atoms with van der Waals surface area (Å²) in [5.41, 5.74) is 3.19. The molecule has 1 N–H and O–H groups in total. The minimum Gasteiger partial charge on any atom is -0.325 e. The molecule has 1 aliphatic rings. The maximum absolute atomic E-state index is 12.6. The van der Waals surface area contributed by atoms with Gasteiger partial charge in [0, 0.05) is 11.6 Å². The molecule has 6 heteroatoms. The van der Waals surface area contributed by atoms with Gasteiger partial charge in [-0.05, 0) is 44.4 Å². The second-order valence-corrected chi connectivity index (χ2v) is 8.61. The number of amides is 1. The van der Waals surface area contributed by atoms with Gasteiger partial charge in [-0.25, -0.2) is 0 Å². The Labute approximate surface area is 169 Å². The lowest BCUT2D eigenvalue weighted by Gasteiger charge is -2.14. The van der Waals surface area contributed by atoms with Crippen molar-refractivity contribution >= 4 is 23.4 Å². The van der Waals surface area contributed by atoms with Gasteiger partial charge in [0.2, 0.25) is 5.91 Å². The van der Waals surface area contributed by atoms with Crippen LogP contribution in [0.1, 0.15) is 42.6 Å². The van der Waals surface area contributed by atoms with Crippen LogP contribution in [0, 0.1) is 6.92 Å². The van der Waals surface area contributed by atoms with E-state index in [0.717, 1.165) is 23.2 Å². The number of hydrogen-bond acceptors (Lipinski definition) is 4. The first-order valence-corrected chi connectivity index (χ1v) is 10.5. The molecule has 0 bridgehead atoms. The van der Waals surface area contributed by atoms with E-state index in [4.69, 9.17) is 0 Å². The van der Waals surface area contributed by atoms with Crippen molar-refractivity contribution in [3.63, 3.8) is 0 Å². The van der Waals surface area contributed by atoms with E-state index in [1.54, 1.807) is 0 Å². The number of nitrogens with zero attached hydrogens (tertiary/aromatic N) is 3. The van der Waals surface area contributed by atoms with E-state index in [-0.39, 0.29) is 11.2 Å². The fraction of sp³-hybridized carbons (Fsp3) is 0.318. The van der Waals surface area contributed by atoms with Crippen LogP contribution in [-0.2, 0) is 11.3 Å². The number of carbonyl (C=O) groups is 1. The number of aryl methyl sites for hydroxylation is 1. The number of rotatable bonds is 7. The van der Waals surface area contributed by atoms with E-state index in [0.29, 0.717) is 5.92 Å². The zero-order valence-corrected chi connectivity index (χ0v) is 16.9. The maximum Gasteiger partial charge on any atom is 0.237 e. The van der Waals surface area contributed by atoms with Gasteiger partial charge in [0.15, 0.2) is 5.16 Å². The number of hydrogen-bond donors (Lipinski definition) is 1. The van der Waals surface area contributed by atoms with Crippen LogP contribution in [0.5, 0.6) is 0 Å². The summed E-state index contributed by atoms with van der Waals surface area (Å²) in [4.78, 5) is 12.6. The highest BCUT2D eigenvalue weighted by molar-refractivity contribution is 8.00. The van der Waals surface area contributed by atoms with Gasteiger partial charge >= 0.3 is 0 Å². The molecule has 5 nitrogen and oxygen atoms in total. The molecule has 0 unspecified atom stereocenters. The van der Waals surface area contributed by atoms with Crippen LogP contribution < -0.4 is 5.32 Å². The average molecular weight is 393 g/mol. The van der Waals surface area contributed by atoms with Gasteiger partial charge < -0.3 is 9.88 Å². The van der Waals surface area contributed by atoms with Crippen molar-refractivity contribution in [2.45, 2.75) is 49.6 Å². The Morgan fingerprint density at radius 3 is 2.54 bits per heavy atom. The summed E-state index contributed by atoms with van der Waals surface area (Å²) in [6, 6.07) is 18.2. The molecular formula is C22H24N4OS. The van der Waals surface area contributed by atoms with Gasteiger partial charge in [0.25, 0.3) is 0 Å². The topological polar surface area (TPSA) is 59.8 Å². The Hall–Kier alpha value is -2.60. The van der Waals surface area contributed by atoms with Crippen LogP contribution >= 0.6 is 11.8 Å². The lowest BCUT2D eigenvalue weighted by atomic mass is 10.2. The minimum absolute atomic E-state index is 0.0314. The molecule has 0 saturated heterocycles. The molecule has 0 radical (unpaired) electrons. The predicted octanol–water partition coefficient (Wildman–Crippen LogP) is 4.63. The Balaban J connectivity index is 1.49. The van der Waals surface area contributed by atoms with Crippen molar-refractivity contribution < 1.29 is 4.79 Å². The Morgan fingerprint density at radius 2 is 1.86 bits per heavy atom. The normalized spacial score (nSPS) is 14.6. The quantitative estimate of drug-likeness (QED) is 0.596. The van der Waals surface area contributed by atoms with Gasteiger partial charge in [0.1, 0.15) is 5.82 Å². The SMILES string of the molecule is Cc1ccc(NC(=O)[C@H](C)Sc2nnc(C3CC3)n2Cc2ccccc2)cc1. The fourth-order valence-electron chi connectivity index (χ4n) is 3.04. The average Bonchev–Trinajstić information content (AvgIpc) is 3.48. The third-order valence-electron chi connectivity index (χ3n) is 4.84. The lowest BCUT2D eigenvalue weighted by Crippen LogP contribution is -2.23. The summed E-state index contributed by atoms with van der Waals surface area (Å²) in [5, 5.41) is 12.4. The molecule has 0 aliphatic heterocycles. The molecule has 4 rings (SSSR count). The number of thioether (sulfide) groups is 1. The van der Waals surface area contributed by atoms with Crippen LogP contribution in [0.15, 0.2) is 59.8 Å². The molecule has 1 fully saturated rings. The Kier molecular flexibility index (Phi) is 5.48. The van der Waals surface area contributed by atoms with Crippen molar-refractivity contribution in [2.75, 3.05) is 5.32 Å². The molecule has 3 aromatic rings. The molecule has 1 atom stereocenters.